The Hall–Kier alpha value is -0.500. The average Bonchev–Trinajstić information content (AvgIpc) is 2.29. The molecule has 0 aromatic heterocycles. The minimum Gasteiger partial charge on any atom is -0.513 e. The van der Waals surface area contributed by atoms with Gasteiger partial charge in [0, 0.05) is 19.6 Å². The maximum Gasteiger partial charge on any atom is 0.0877 e. The first-order valence-electron chi connectivity index (χ1n) is 6.14. The van der Waals surface area contributed by atoms with Gasteiger partial charge in [0.2, 0.25) is 0 Å². The van der Waals surface area contributed by atoms with Crippen LogP contribution in [0.3, 0.4) is 0 Å². The van der Waals surface area contributed by atoms with Crippen molar-refractivity contribution in [1.82, 2.24) is 0 Å². The maximum absolute atomic E-state index is 8.53. The Morgan fingerprint density at radius 3 is 2.07 bits per heavy atom. The third kappa shape index (κ3) is 19.8. The molecule has 0 aromatic rings. The van der Waals surface area contributed by atoms with Gasteiger partial charge < -0.3 is 9.84 Å². The fourth-order valence-corrected chi connectivity index (χ4v) is 0.905. The van der Waals surface area contributed by atoms with Gasteiger partial charge in [0.05, 0.1) is 5.76 Å². The molecule has 0 aromatic carbocycles. The lowest BCUT2D eigenvalue weighted by molar-refractivity contribution is 0.131. The van der Waals surface area contributed by atoms with E-state index in [0.717, 1.165) is 26.1 Å². The Kier molecular flexibility index (Phi) is 18.0. The SMILES string of the molecule is CC=C(O)CC.CCCCCOCCC. The lowest BCUT2D eigenvalue weighted by Crippen LogP contribution is -1.94. The summed E-state index contributed by atoms with van der Waals surface area (Å²) in [6, 6.07) is 0. The number of ether oxygens (including phenoxy) is 1. The molecule has 0 bridgehead atoms. The first kappa shape index (κ1) is 16.9. The zero-order valence-electron chi connectivity index (χ0n) is 10.9. The highest BCUT2D eigenvalue weighted by Gasteiger charge is 1.84. The van der Waals surface area contributed by atoms with Gasteiger partial charge >= 0.3 is 0 Å². The molecule has 0 heterocycles. The molecular weight excluding hydrogens is 188 g/mol. The molecule has 0 fully saturated rings. The largest absolute Gasteiger partial charge is 0.513 e. The summed E-state index contributed by atoms with van der Waals surface area (Å²) in [5.74, 6) is 0.468. The third-order valence-electron chi connectivity index (χ3n) is 1.94. The molecule has 0 atom stereocenters. The average molecular weight is 216 g/mol. The Morgan fingerprint density at radius 2 is 1.73 bits per heavy atom. The molecule has 0 rings (SSSR count). The predicted molar refractivity (Wildman–Crippen MR) is 67.3 cm³/mol. The van der Waals surface area contributed by atoms with Crippen molar-refractivity contribution in [1.29, 1.82) is 0 Å². The predicted octanol–water partition coefficient (Wildman–Crippen LogP) is 4.46. The van der Waals surface area contributed by atoms with Crippen LogP contribution in [-0.4, -0.2) is 18.3 Å². The van der Waals surface area contributed by atoms with Crippen LogP contribution in [0.2, 0.25) is 0 Å². The monoisotopic (exact) mass is 216 g/mol. The summed E-state index contributed by atoms with van der Waals surface area (Å²) in [4.78, 5) is 0. The van der Waals surface area contributed by atoms with Gasteiger partial charge in [0.1, 0.15) is 0 Å². The normalized spacial score (nSPS) is 10.8. The molecule has 15 heavy (non-hydrogen) atoms. The molecule has 92 valence electrons. The summed E-state index contributed by atoms with van der Waals surface area (Å²) < 4.78 is 5.28. The van der Waals surface area contributed by atoms with Crippen molar-refractivity contribution in [2.75, 3.05) is 13.2 Å². The highest BCUT2D eigenvalue weighted by Crippen LogP contribution is 1.94. The van der Waals surface area contributed by atoms with Gasteiger partial charge in [-0.2, -0.15) is 0 Å². The first-order valence-corrected chi connectivity index (χ1v) is 6.14. The Labute approximate surface area is 95.3 Å². The van der Waals surface area contributed by atoms with Crippen LogP contribution in [0.15, 0.2) is 11.8 Å². The van der Waals surface area contributed by atoms with E-state index in [1.807, 2.05) is 13.8 Å². The van der Waals surface area contributed by atoms with Crippen molar-refractivity contribution >= 4 is 0 Å². The smallest absolute Gasteiger partial charge is 0.0877 e. The van der Waals surface area contributed by atoms with Crippen molar-refractivity contribution in [3.63, 3.8) is 0 Å². The van der Waals surface area contributed by atoms with E-state index in [2.05, 4.69) is 13.8 Å². The lowest BCUT2D eigenvalue weighted by Gasteiger charge is -1.99. The highest BCUT2D eigenvalue weighted by atomic mass is 16.5. The quantitative estimate of drug-likeness (QED) is 0.503. The summed E-state index contributed by atoms with van der Waals surface area (Å²) in [6.07, 6.45) is 7.42. The van der Waals surface area contributed by atoms with Crippen molar-refractivity contribution in [3.8, 4) is 0 Å². The zero-order valence-corrected chi connectivity index (χ0v) is 10.9. The van der Waals surface area contributed by atoms with Crippen molar-refractivity contribution in [2.24, 2.45) is 0 Å². The van der Waals surface area contributed by atoms with Gasteiger partial charge in [-0.15, -0.1) is 0 Å². The van der Waals surface area contributed by atoms with Gasteiger partial charge in [-0.25, -0.2) is 0 Å². The Morgan fingerprint density at radius 1 is 1.07 bits per heavy atom. The number of hydrogen-bond donors (Lipinski definition) is 1. The Bertz CT molecular complexity index is 124. The minimum absolute atomic E-state index is 0.468. The molecule has 2 nitrogen and oxygen atoms in total. The maximum atomic E-state index is 8.53. The minimum atomic E-state index is 0.468. The van der Waals surface area contributed by atoms with Crippen LogP contribution in [0.5, 0.6) is 0 Å². The Balaban J connectivity index is 0. The zero-order chi connectivity index (χ0) is 11.9. The van der Waals surface area contributed by atoms with Crippen LogP contribution < -0.4 is 0 Å². The van der Waals surface area contributed by atoms with E-state index in [0.29, 0.717) is 5.76 Å². The van der Waals surface area contributed by atoms with Gasteiger partial charge in [0.25, 0.3) is 0 Å². The summed E-state index contributed by atoms with van der Waals surface area (Å²) in [5, 5.41) is 8.53. The number of unbranched alkanes of at least 4 members (excludes halogenated alkanes) is 2. The molecule has 0 amide bonds. The molecule has 0 aliphatic carbocycles. The standard InChI is InChI=1S/C8H18O.C5H10O/c1-3-5-6-8-9-7-4-2;1-3-5(6)4-2/h3-8H2,1-2H3;3,6H,4H2,1-2H3. The second-order valence-electron chi connectivity index (χ2n) is 3.45. The molecule has 0 saturated heterocycles. The topological polar surface area (TPSA) is 29.5 Å². The van der Waals surface area contributed by atoms with E-state index >= 15 is 0 Å². The number of aliphatic hydroxyl groups excluding tert-OH is 1. The fraction of sp³-hybridized carbons (Fsp3) is 0.846. The van der Waals surface area contributed by atoms with Crippen LogP contribution in [-0.2, 0) is 4.74 Å². The fourth-order valence-electron chi connectivity index (χ4n) is 0.905. The van der Waals surface area contributed by atoms with Gasteiger partial charge in [-0.05, 0) is 25.8 Å². The molecule has 0 radical (unpaired) electrons. The van der Waals surface area contributed by atoms with E-state index in [1.165, 1.54) is 19.3 Å². The van der Waals surface area contributed by atoms with E-state index < -0.39 is 0 Å². The molecule has 0 spiro atoms. The number of rotatable bonds is 7. The second-order valence-corrected chi connectivity index (χ2v) is 3.45. The van der Waals surface area contributed by atoms with Crippen LogP contribution in [0, 0.1) is 0 Å². The van der Waals surface area contributed by atoms with E-state index in [4.69, 9.17) is 9.84 Å². The molecular formula is C13H28O2. The molecule has 2 heteroatoms. The summed E-state index contributed by atoms with van der Waals surface area (Å²) in [6.45, 7) is 9.97. The summed E-state index contributed by atoms with van der Waals surface area (Å²) in [5.41, 5.74) is 0. The molecule has 0 aliphatic rings. The third-order valence-corrected chi connectivity index (χ3v) is 1.94. The van der Waals surface area contributed by atoms with Crippen LogP contribution in [0.1, 0.15) is 59.8 Å². The van der Waals surface area contributed by atoms with Gasteiger partial charge in [-0.1, -0.05) is 33.6 Å². The molecule has 0 aliphatic heterocycles. The lowest BCUT2D eigenvalue weighted by atomic mass is 10.3. The van der Waals surface area contributed by atoms with Crippen molar-refractivity contribution < 1.29 is 9.84 Å². The molecule has 0 saturated carbocycles. The van der Waals surface area contributed by atoms with Crippen molar-refractivity contribution in [2.45, 2.75) is 59.8 Å². The summed E-state index contributed by atoms with van der Waals surface area (Å²) >= 11 is 0. The van der Waals surface area contributed by atoms with Crippen LogP contribution in [0.4, 0.5) is 0 Å². The molecule has 1 N–H and O–H groups in total. The van der Waals surface area contributed by atoms with Gasteiger partial charge in [0.15, 0.2) is 0 Å². The van der Waals surface area contributed by atoms with Gasteiger partial charge in [-0.3, -0.25) is 0 Å². The number of hydrogen-bond acceptors (Lipinski definition) is 2. The van der Waals surface area contributed by atoms with E-state index in [9.17, 15) is 0 Å². The highest BCUT2D eigenvalue weighted by molar-refractivity contribution is 4.84. The van der Waals surface area contributed by atoms with E-state index in [-0.39, 0.29) is 0 Å². The van der Waals surface area contributed by atoms with E-state index in [1.54, 1.807) is 6.08 Å². The van der Waals surface area contributed by atoms with Crippen LogP contribution >= 0.6 is 0 Å². The number of allylic oxidation sites excluding steroid dienone is 2. The summed E-state index contributed by atoms with van der Waals surface area (Å²) in [7, 11) is 0. The molecule has 0 unspecified atom stereocenters. The van der Waals surface area contributed by atoms with Crippen molar-refractivity contribution in [3.05, 3.63) is 11.8 Å². The first-order chi connectivity index (χ1) is 7.22. The second kappa shape index (κ2) is 15.9. The number of aliphatic hydroxyl groups is 1. The van der Waals surface area contributed by atoms with Crippen LogP contribution in [0.25, 0.3) is 0 Å².